The molecular weight excluding hydrogens is 281 g/mol. The van der Waals surface area contributed by atoms with Crippen molar-refractivity contribution in [3.8, 4) is 0 Å². The molecule has 2 N–H and O–H groups in total. The third-order valence-electron chi connectivity index (χ3n) is 3.35. The fourth-order valence-electron chi connectivity index (χ4n) is 2.11. The van der Waals surface area contributed by atoms with E-state index in [9.17, 15) is 17.9 Å². The summed E-state index contributed by atoms with van der Waals surface area (Å²) in [5.74, 6) is -0.679. The van der Waals surface area contributed by atoms with Gasteiger partial charge >= 0.3 is 0 Å². The first-order valence-corrected chi connectivity index (χ1v) is 8.43. The summed E-state index contributed by atoms with van der Waals surface area (Å²) >= 11 is 0. The van der Waals surface area contributed by atoms with Crippen molar-refractivity contribution in [2.75, 3.05) is 6.54 Å². The van der Waals surface area contributed by atoms with Crippen LogP contribution in [0.1, 0.15) is 32.3 Å². The van der Waals surface area contributed by atoms with Gasteiger partial charge in [0.15, 0.2) is 0 Å². The lowest BCUT2D eigenvalue weighted by Gasteiger charge is -2.20. The molecule has 1 unspecified atom stereocenters. The van der Waals surface area contributed by atoms with E-state index >= 15 is 0 Å². The van der Waals surface area contributed by atoms with Crippen LogP contribution in [0, 0.1) is 11.7 Å². The highest BCUT2D eigenvalue weighted by Gasteiger charge is 2.19. The molecular formula is C14H22FNO3S. The number of sulfonamides is 1. The van der Waals surface area contributed by atoms with Crippen molar-refractivity contribution in [3.05, 3.63) is 35.6 Å². The van der Waals surface area contributed by atoms with Crippen LogP contribution in [0.25, 0.3) is 0 Å². The lowest BCUT2D eigenvalue weighted by molar-refractivity contribution is 0.107. The van der Waals surface area contributed by atoms with Crippen LogP contribution in [0.15, 0.2) is 24.3 Å². The van der Waals surface area contributed by atoms with Gasteiger partial charge in [-0.25, -0.2) is 17.5 Å². The van der Waals surface area contributed by atoms with Crippen molar-refractivity contribution < 1.29 is 17.9 Å². The number of benzene rings is 1. The standard InChI is InChI=1S/C14H22FNO3S/c1-3-12(4-2)14(17)9-16-20(18,19)10-11-6-5-7-13(15)8-11/h5-8,12,14,16-17H,3-4,9-10H2,1-2H3. The maximum atomic E-state index is 13.0. The minimum absolute atomic E-state index is 0.00992. The third kappa shape index (κ3) is 5.56. The molecule has 0 saturated carbocycles. The molecule has 1 aromatic carbocycles. The molecule has 0 saturated heterocycles. The van der Waals surface area contributed by atoms with E-state index < -0.39 is 21.9 Å². The van der Waals surface area contributed by atoms with Crippen molar-refractivity contribution in [1.29, 1.82) is 0 Å². The molecule has 0 amide bonds. The Balaban J connectivity index is 2.58. The predicted octanol–water partition coefficient (Wildman–Crippen LogP) is 2.04. The maximum Gasteiger partial charge on any atom is 0.215 e. The molecule has 0 aliphatic carbocycles. The number of rotatable bonds is 8. The molecule has 0 aliphatic rings. The number of hydrogen-bond donors (Lipinski definition) is 2. The van der Waals surface area contributed by atoms with E-state index in [0.717, 1.165) is 12.8 Å². The topological polar surface area (TPSA) is 66.4 Å². The molecule has 0 fully saturated rings. The molecule has 0 aromatic heterocycles. The Morgan fingerprint density at radius 3 is 2.50 bits per heavy atom. The zero-order chi connectivity index (χ0) is 15.2. The van der Waals surface area contributed by atoms with Crippen LogP contribution in [0.4, 0.5) is 4.39 Å². The van der Waals surface area contributed by atoms with E-state index in [-0.39, 0.29) is 18.2 Å². The summed E-state index contributed by atoms with van der Waals surface area (Å²) in [5.41, 5.74) is 0.384. The smallest absolute Gasteiger partial charge is 0.215 e. The first-order valence-electron chi connectivity index (χ1n) is 6.77. The molecule has 114 valence electrons. The largest absolute Gasteiger partial charge is 0.391 e. The summed E-state index contributed by atoms with van der Waals surface area (Å²) in [5, 5.41) is 9.90. The second kappa shape index (κ2) is 7.71. The number of hydrogen-bond acceptors (Lipinski definition) is 3. The summed E-state index contributed by atoms with van der Waals surface area (Å²) in [6.07, 6.45) is 0.888. The van der Waals surface area contributed by atoms with E-state index in [4.69, 9.17) is 0 Å². The van der Waals surface area contributed by atoms with Crippen LogP contribution in [0.3, 0.4) is 0 Å². The lowest BCUT2D eigenvalue weighted by atomic mass is 9.97. The van der Waals surface area contributed by atoms with Gasteiger partial charge in [-0.05, 0) is 23.6 Å². The normalized spacial score (nSPS) is 13.7. The van der Waals surface area contributed by atoms with Gasteiger partial charge in [0.1, 0.15) is 5.82 Å². The zero-order valence-corrected chi connectivity index (χ0v) is 12.7. The van der Waals surface area contributed by atoms with Crippen LogP contribution >= 0.6 is 0 Å². The minimum atomic E-state index is -3.57. The van der Waals surface area contributed by atoms with Gasteiger partial charge in [-0.3, -0.25) is 0 Å². The maximum absolute atomic E-state index is 13.0. The van der Waals surface area contributed by atoms with Gasteiger partial charge in [-0.1, -0.05) is 38.8 Å². The van der Waals surface area contributed by atoms with E-state index in [1.807, 2.05) is 13.8 Å². The number of nitrogens with one attached hydrogen (secondary N) is 1. The van der Waals surface area contributed by atoms with Gasteiger partial charge < -0.3 is 5.11 Å². The average Bonchev–Trinajstić information content (AvgIpc) is 2.37. The Morgan fingerprint density at radius 1 is 1.30 bits per heavy atom. The Labute approximate surface area is 120 Å². The lowest BCUT2D eigenvalue weighted by Crippen LogP contribution is -2.36. The van der Waals surface area contributed by atoms with Crippen molar-refractivity contribution in [2.24, 2.45) is 5.92 Å². The van der Waals surface area contributed by atoms with Crippen molar-refractivity contribution >= 4 is 10.0 Å². The number of halogens is 1. The van der Waals surface area contributed by atoms with Gasteiger partial charge in [-0.15, -0.1) is 0 Å². The first-order chi connectivity index (χ1) is 9.38. The molecule has 6 heteroatoms. The predicted molar refractivity (Wildman–Crippen MR) is 77.1 cm³/mol. The van der Waals surface area contributed by atoms with E-state index in [1.54, 1.807) is 6.07 Å². The van der Waals surface area contributed by atoms with Crippen LogP contribution < -0.4 is 4.72 Å². The van der Waals surface area contributed by atoms with Gasteiger partial charge in [0.25, 0.3) is 0 Å². The van der Waals surface area contributed by atoms with Gasteiger partial charge in [0, 0.05) is 6.54 Å². The van der Waals surface area contributed by atoms with Crippen molar-refractivity contribution in [1.82, 2.24) is 4.72 Å². The monoisotopic (exact) mass is 303 g/mol. The molecule has 4 nitrogen and oxygen atoms in total. The van der Waals surface area contributed by atoms with Crippen LogP contribution in [0.2, 0.25) is 0 Å². The van der Waals surface area contributed by atoms with Crippen molar-refractivity contribution in [3.63, 3.8) is 0 Å². The molecule has 0 radical (unpaired) electrons. The summed E-state index contributed by atoms with van der Waals surface area (Å²) in [6.45, 7) is 3.90. The van der Waals surface area contributed by atoms with Crippen LogP contribution in [-0.4, -0.2) is 26.2 Å². The molecule has 0 spiro atoms. The van der Waals surface area contributed by atoms with Crippen LogP contribution in [0.5, 0.6) is 0 Å². The number of aliphatic hydroxyl groups is 1. The Hall–Kier alpha value is -0.980. The summed E-state index contributed by atoms with van der Waals surface area (Å²) in [7, 11) is -3.57. The van der Waals surface area contributed by atoms with Crippen molar-refractivity contribution in [2.45, 2.75) is 38.5 Å². The van der Waals surface area contributed by atoms with Gasteiger partial charge in [0.05, 0.1) is 11.9 Å². The molecule has 0 aliphatic heterocycles. The molecule has 1 rings (SSSR count). The highest BCUT2D eigenvalue weighted by molar-refractivity contribution is 7.88. The van der Waals surface area contributed by atoms with E-state index in [2.05, 4.69) is 4.72 Å². The van der Waals surface area contributed by atoms with Crippen LogP contribution in [-0.2, 0) is 15.8 Å². The molecule has 20 heavy (non-hydrogen) atoms. The summed E-state index contributed by atoms with van der Waals surface area (Å²) in [4.78, 5) is 0. The SMILES string of the molecule is CCC(CC)C(O)CNS(=O)(=O)Cc1cccc(F)c1. The molecule has 1 aromatic rings. The van der Waals surface area contributed by atoms with E-state index in [0.29, 0.717) is 5.56 Å². The fraction of sp³-hybridized carbons (Fsp3) is 0.571. The molecule has 1 atom stereocenters. The zero-order valence-electron chi connectivity index (χ0n) is 11.8. The fourth-order valence-corrected chi connectivity index (χ4v) is 3.25. The Bertz CT molecular complexity index is 515. The van der Waals surface area contributed by atoms with Gasteiger partial charge in [0.2, 0.25) is 10.0 Å². The molecule has 0 heterocycles. The highest BCUT2D eigenvalue weighted by atomic mass is 32.2. The van der Waals surface area contributed by atoms with E-state index in [1.165, 1.54) is 18.2 Å². The Morgan fingerprint density at radius 2 is 1.95 bits per heavy atom. The Kier molecular flexibility index (Phi) is 6.58. The number of aliphatic hydroxyl groups excluding tert-OH is 1. The third-order valence-corrected chi connectivity index (χ3v) is 4.67. The quantitative estimate of drug-likeness (QED) is 0.772. The summed E-state index contributed by atoms with van der Waals surface area (Å²) < 4.78 is 39.1. The average molecular weight is 303 g/mol. The second-order valence-corrected chi connectivity index (χ2v) is 6.69. The summed E-state index contributed by atoms with van der Waals surface area (Å²) in [6, 6.07) is 5.48. The van der Waals surface area contributed by atoms with Gasteiger partial charge in [-0.2, -0.15) is 0 Å². The second-order valence-electron chi connectivity index (χ2n) is 4.88. The molecule has 0 bridgehead atoms. The minimum Gasteiger partial charge on any atom is -0.391 e. The first kappa shape index (κ1) is 17.1. The highest BCUT2D eigenvalue weighted by Crippen LogP contribution is 2.13.